The molecule has 2 rings (SSSR count). The molecule has 2 atom stereocenters. The van der Waals surface area contributed by atoms with Crippen LogP contribution in [0.3, 0.4) is 0 Å². The zero-order chi connectivity index (χ0) is 12.1. The van der Waals surface area contributed by atoms with E-state index < -0.39 is 0 Å². The number of nitrogens with zero attached hydrogens (tertiary/aromatic N) is 1. The highest BCUT2D eigenvalue weighted by Crippen LogP contribution is 2.27. The van der Waals surface area contributed by atoms with Gasteiger partial charge in [0.1, 0.15) is 6.04 Å². The van der Waals surface area contributed by atoms with E-state index in [1.54, 1.807) is 0 Å². The van der Waals surface area contributed by atoms with Crippen LogP contribution in [0.5, 0.6) is 0 Å². The second kappa shape index (κ2) is 6.30. The smallest absolute Gasteiger partial charge is 0.225 e. The molecular weight excluding hydrogens is 232 g/mol. The Morgan fingerprint density at radius 3 is 2.65 bits per heavy atom. The van der Waals surface area contributed by atoms with E-state index in [1.165, 1.54) is 19.3 Å². The summed E-state index contributed by atoms with van der Waals surface area (Å²) in [4.78, 5) is 12.0. The summed E-state index contributed by atoms with van der Waals surface area (Å²) in [6.07, 6.45) is 6.85. The fraction of sp³-hybridized carbons (Fsp3) is 0.846. The monoisotopic (exact) mass is 252 g/mol. The number of carbonyl (C=O) groups is 1. The first-order valence-corrected chi connectivity index (χ1v) is 7.74. The van der Waals surface area contributed by atoms with Gasteiger partial charge in [-0.2, -0.15) is 17.0 Å². The zero-order valence-electron chi connectivity index (χ0n) is 10.2. The van der Waals surface area contributed by atoms with Gasteiger partial charge in [0.05, 0.1) is 6.07 Å². The van der Waals surface area contributed by atoms with Gasteiger partial charge in [-0.1, -0.05) is 19.3 Å². The molecule has 0 aromatic carbocycles. The minimum Gasteiger partial charge on any atom is -0.340 e. The van der Waals surface area contributed by atoms with E-state index >= 15 is 0 Å². The molecule has 4 heteroatoms. The molecule has 2 aliphatic rings. The SMILES string of the molecule is N#CC(NC(=O)C1CCSC1)C1CCCCC1. The average molecular weight is 252 g/mol. The summed E-state index contributed by atoms with van der Waals surface area (Å²) in [5, 5.41) is 12.2. The number of nitrogens with one attached hydrogen (secondary N) is 1. The van der Waals surface area contributed by atoms with Gasteiger partial charge in [0.15, 0.2) is 0 Å². The van der Waals surface area contributed by atoms with E-state index in [-0.39, 0.29) is 17.9 Å². The third-order valence-electron chi connectivity index (χ3n) is 3.86. The van der Waals surface area contributed by atoms with Gasteiger partial charge in [-0.25, -0.2) is 0 Å². The van der Waals surface area contributed by atoms with E-state index in [2.05, 4.69) is 11.4 Å². The van der Waals surface area contributed by atoms with Crippen molar-refractivity contribution in [2.45, 2.75) is 44.6 Å². The number of hydrogen-bond acceptors (Lipinski definition) is 3. The van der Waals surface area contributed by atoms with Crippen molar-refractivity contribution in [3.05, 3.63) is 0 Å². The molecule has 2 fully saturated rings. The van der Waals surface area contributed by atoms with Crippen molar-refractivity contribution >= 4 is 17.7 Å². The Kier molecular flexibility index (Phi) is 4.73. The van der Waals surface area contributed by atoms with Crippen LogP contribution in [0.25, 0.3) is 0 Å². The molecular formula is C13H20N2OS. The standard InChI is InChI=1S/C13H20N2OS/c14-8-12(10-4-2-1-3-5-10)15-13(16)11-6-7-17-9-11/h10-12H,1-7,9H2,(H,15,16). The normalized spacial score (nSPS) is 27.4. The van der Waals surface area contributed by atoms with Gasteiger partial charge in [-0.15, -0.1) is 0 Å². The molecule has 1 aliphatic heterocycles. The molecule has 17 heavy (non-hydrogen) atoms. The fourth-order valence-corrected chi connectivity index (χ4v) is 3.96. The molecule has 94 valence electrons. The highest BCUT2D eigenvalue weighted by atomic mass is 32.2. The van der Waals surface area contributed by atoms with E-state index in [9.17, 15) is 10.1 Å². The van der Waals surface area contributed by atoms with Gasteiger partial charge in [0.2, 0.25) is 5.91 Å². The lowest BCUT2D eigenvalue weighted by molar-refractivity contribution is -0.125. The largest absolute Gasteiger partial charge is 0.340 e. The molecule has 1 amide bonds. The molecule has 0 aromatic heterocycles. The number of rotatable bonds is 3. The Morgan fingerprint density at radius 1 is 1.29 bits per heavy atom. The first kappa shape index (κ1) is 12.8. The van der Waals surface area contributed by atoms with Crippen molar-refractivity contribution in [1.82, 2.24) is 5.32 Å². The molecule has 1 aliphatic carbocycles. The predicted molar refractivity (Wildman–Crippen MR) is 69.6 cm³/mol. The molecule has 0 bridgehead atoms. The summed E-state index contributed by atoms with van der Waals surface area (Å²) >= 11 is 1.84. The Bertz CT molecular complexity index is 301. The van der Waals surface area contributed by atoms with Gasteiger partial charge in [0.25, 0.3) is 0 Å². The minimum atomic E-state index is -0.256. The van der Waals surface area contributed by atoms with Crippen LogP contribution >= 0.6 is 11.8 Å². The van der Waals surface area contributed by atoms with E-state index in [4.69, 9.17) is 0 Å². The lowest BCUT2D eigenvalue weighted by Gasteiger charge is -2.27. The second-order valence-electron chi connectivity index (χ2n) is 5.07. The topological polar surface area (TPSA) is 52.9 Å². The summed E-state index contributed by atoms with van der Waals surface area (Å²) in [5.41, 5.74) is 0. The molecule has 2 unspecified atom stereocenters. The van der Waals surface area contributed by atoms with Crippen molar-refractivity contribution in [2.75, 3.05) is 11.5 Å². The number of thioether (sulfide) groups is 1. The molecule has 0 aromatic rings. The zero-order valence-corrected chi connectivity index (χ0v) is 11.0. The summed E-state index contributed by atoms with van der Waals surface area (Å²) in [5.74, 6) is 2.63. The van der Waals surface area contributed by atoms with E-state index in [0.717, 1.165) is 30.8 Å². The third kappa shape index (κ3) is 3.38. The van der Waals surface area contributed by atoms with Crippen LogP contribution in [0.4, 0.5) is 0 Å². The van der Waals surface area contributed by atoms with Crippen molar-refractivity contribution in [3.8, 4) is 6.07 Å². The van der Waals surface area contributed by atoms with Gasteiger partial charge >= 0.3 is 0 Å². The Hall–Kier alpha value is -0.690. The maximum Gasteiger partial charge on any atom is 0.225 e. The number of amides is 1. The maximum absolute atomic E-state index is 12.0. The Morgan fingerprint density at radius 2 is 2.06 bits per heavy atom. The lowest BCUT2D eigenvalue weighted by atomic mass is 9.84. The molecule has 1 N–H and O–H groups in total. The van der Waals surface area contributed by atoms with Gasteiger partial charge < -0.3 is 5.32 Å². The average Bonchev–Trinajstić information content (AvgIpc) is 2.90. The van der Waals surface area contributed by atoms with Gasteiger partial charge in [0, 0.05) is 11.7 Å². The van der Waals surface area contributed by atoms with Crippen molar-refractivity contribution < 1.29 is 4.79 Å². The van der Waals surface area contributed by atoms with Gasteiger partial charge in [-0.3, -0.25) is 4.79 Å². The lowest BCUT2D eigenvalue weighted by Crippen LogP contribution is -2.43. The summed E-state index contributed by atoms with van der Waals surface area (Å²) in [7, 11) is 0. The van der Waals surface area contributed by atoms with Gasteiger partial charge in [-0.05, 0) is 30.9 Å². The molecule has 0 radical (unpaired) electrons. The molecule has 3 nitrogen and oxygen atoms in total. The minimum absolute atomic E-state index is 0.104. The Balaban J connectivity index is 1.85. The van der Waals surface area contributed by atoms with Crippen molar-refractivity contribution in [1.29, 1.82) is 5.26 Å². The molecule has 1 saturated carbocycles. The van der Waals surface area contributed by atoms with Crippen LogP contribution in [0.1, 0.15) is 38.5 Å². The summed E-state index contributed by atoms with van der Waals surface area (Å²) < 4.78 is 0. The van der Waals surface area contributed by atoms with Crippen LogP contribution in [0.2, 0.25) is 0 Å². The van der Waals surface area contributed by atoms with Crippen LogP contribution < -0.4 is 5.32 Å². The van der Waals surface area contributed by atoms with E-state index in [0.29, 0.717) is 5.92 Å². The van der Waals surface area contributed by atoms with Crippen molar-refractivity contribution in [2.24, 2.45) is 11.8 Å². The summed E-state index contributed by atoms with van der Waals surface area (Å²) in [6, 6.07) is 2.03. The number of carbonyl (C=O) groups excluding carboxylic acids is 1. The van der Waals surface area contributed by atoms with Crippen LogP contribution in [0, 0.1) is 23.2 Å². The predicted octanol–water partition coefficient (Wildman–Crippen LogP) is 2.33. The number of nitriles is 1. The third-order valence-corrected chi connectivity index (χ3v) is 5.02. The first-order chi connectivity index (χ1) is 8.31. The highest BCUT2D eigenvalue weighted by Gasteiger charge is 2.29. The highest BCUT2D eigenvalue weighted by molar-refractivity contribution is 7.99. The number of hydrogen-bond donors (Lipinski definition) is 1. The quantitative estimate of drug-likeness (QED) is 0.838. The van der Waals surface area contributed by atoms with E-state index in [1.807, 2.05) is 11.8 Å². The fourth-order valence-electron chi connectivity index (χ4n) is 2.74. The van der Waals surface area contributed by atoms with Crippen LogP contribution in [-0.4, -0.2) is 23.5 Å². The molecule has 0 spiro atoms. The Labute approximate surface area is 107 Å². The first-order valence-electron chi connectivity index (χ1n) is 6.59. The van der Waals surface area contributed by atoms with Crippen molar-refractivity contribution in [3.63, 3.8) is 0 Å². The summed E-state index contributed by atoms with van der Waals surface area (Å²) in [6.45, 7) is 0. The maximum atomic E-state index is 12.0. The molecule has 1 heterocycles. The second-order valence-corrected chi connectivity index (χ2v) is 6.22. The van der Waals surface area contributed by atoms with Crippen LogP contribution in [0.15, 0.2) is 0 Å². The van der Waals surface area contributed by atoms with Crippen LogP contribution in [-0.2, 0) is 4.79 Å². The molecule has 1 saturated heterocycles.